The van der Waals surface area contributed by atoms with Crippen LogP contribution < -0.4 is 10.0 Å². The van der Waals surface area contributed by atoms with Gasteiger partial charge in [-0.05, 0) is 48.1 Å². The Hall–Kier alpha value is -3.49. The fourth-order valence-corrected chi connectivity index (χ4v) is 5.37. The first-order valence-corrected chi connectivity index (χ1v) is 13.6. The number of carbonyl (C=O) groups excluding carboxylic acids is 2. The van der Waals surface area contributed by atoms with Crippen LogP contribution in [0.25, 0.3) is 0 Å². The minimum atomic E-state index is -3.52. The fraction of sp³-hybridized carbons (Fsp3) is 0.286. The molecule has 3 aromatic rings. The Morgan fingerprint density at radius 2 is 1.50 bits per heavy atom. The molecule has 0 bridgehead atoms. The van der Waals surface area contributed by atoms with E-state index in [1.165, 1.54) is 0 Å². The molecule has 1 saturated carbocycles. The van der Waals surface area contributed by atoms with Crippen LogP contribution >= 0.6 is 0 Å². The predicted octanol–water partition coefficient (Wildman–Crippen LogP) is 3.58. The number of likely N-dealkylation sites (N-methyl/N-ethyl adjacent to an activating group) is 1. The monoisotopic (exact) mass is 505 g/mol. The molecule has 0 heterocycles. The summed E-state index contributed by atoms with van der Waals surface area (Å²) in [5, 5.41) is 2.70. The van der Waals surface area contributed by atoms with E-state index in [0.717, 1.165) is 29.5 Å². The first-order valence-electron chi connectivity index (χ1n) is 12.1. The van der Waals surface area contributed by atoms with E-state index >= 15 is 0 Å². The highest BCUT2D eigenvalue weighted by Gasteiger charge is 2.31. The Labute approximate surface area is 212 Å². The predicted molar refractivity (Wildman–Crippen MR) is 138 cm³/mol. The lowest BCUT2D eigenvalue weighted by molar-refractivity contribution is -0.141. The van der Waals surface area contributed by atoms with Gasteiger partial charge in [-0.3, -0.25) is 9.59 Å². The molecule has 3 aromatic carbocycles. The highest BCUT2D eigenvalue weighted by Crippen LogP contribution is 2.26. The third-order valence-corrected chi connectivity index (χ3v) is 7.73. The van der Waals surface area contributed by atoms with Crippen molar-refractivity contribution in [2.45, 2.75) is 49.2 Å². The van der Waals surface area contributed by atoms with E-state index in [-0.39, 0.29) is 35.7 Å². The van der Waals surface area contributed by atoms with E-state index in [0.29, 0.717) is 6.42 Å². The molecule has 4 rings (SSSR count). The number of sulfonamides is 1. The smallest absolute Gasteiger partial charge is 0.247 e. The van der Waals surface area contributed by atoms with Gasteiger partial charge >= 0.3 is 0 Å². The van der Waals surface area contributed by atoms with Gasteiger partial charge in [0.1, 0.15) is 6.04 Å². The van der Waals surface area contributed by atoms with Gasteiger partial charge in [0.25, 0.3) is 0 Å². The molecule has 1 aliphatic carbocycles. The fourth-order valence-electron chi connectivity index (χ4n) is 4.07. The van der Waals surface area contributed by atoms with E-state index in [1.54, 1.807) is 36.2 Å². The number of amides is 2. The minimum Gasteiger partial charge on any atom is -0.357 e. The average molecular weight is 506 g/mol. The quantitative estimate of drug-likeness (QED) is 0.416. The number of hydrogen-bond donors (Lipinski definition) is 2. The zero-order chi connectivity index (χ0) is 25.5. The standard InChI is InChI=1S/C28H31N3O4S/c1-29-28(33)27(23-10-6-3-7-11-23)31(20-22-8-4-2-5-9-22)26(32)19-14-21-12-17-25(18-13-21)36(34,35)30-24-15-16-24/h2-13,17-18,24,27,30H,14-16,19-20H2,1H3,(H,29,33). The van der Waals surface area contributed by atoms with Gasteiger partial charge in [0, 0.05) is 26.1 Å². The van der Waals surface area contributed by atoms with Crippen molar-refractivity contribution in [2.24, 2.45) is 0 Å². The maximum absolute atomic E-state index is 13.6. The maximum Gasteiger partial charge on any atom is 0.247 e. The lowest BCUT2D eigenvalue weighted by Crippen LogP contribution is -2.42. The molecular formula is C28H31N3O4S. The van der Waals surface area contributed by atoms with Crippen LogP contribution in [0.1, 0.15) is 42.0 Å². The molecular weight excluding hydrogens is 474 g/mol. The van der Waals surface area contributed by atoms with Crippen molar-refractivity contribution < 1.29 is 18.0 Å². The molecule has 188 valence electrons. The van der Waals surface area contributed by atoms with Gasteiger partial charge in [0.15, 0.2) is 0 Å². The number of aryl methyl sites for hydroxylation is 1. The highest BCUT2D eigenvalue weighted by atomic mass is 32.2. The van der Waals surface area contributed by atoms with Gasteiger partial charge in [-0.2, -0.15) is 0 Å². The van der Waals surface area contributed by atoms with E-state index < -0.39 is 16.1 Å². The Morgan fingerprint density at radius 3 is 2.08 bits per heavy atom. The normalized spacial score (nSPS) is 14.1. The van der Waals surface area contributed by atoms with E-state index in [4.69, 9.17) is 0 Å². The van der Waals surface area contributed by atoms with Crippen LogP contribution in [0, 0.1) is 0 Å². The topological polar surface area (TPSA) is 95.6 Å². The number of hydrogen-bond acceptors (Lipinski definition) is 4. The van der Waals surface area contributed by atoms with Crippen LogP contribution in [0.4, 0.5) is 0 Å². The molecule has 2 amide bonds. The van der Waals surface area contributed by atoms with E-state index in [2.05, 4.69) is 10.0 Å². The molecule has 0 aromatic heterocycles. The zero-order valence-electron chi connectivity index (χ0n) is 20.3. The molecule has 7 nitrogen and oxygen atoms in total. The Balaban J connectivity index is 1.52. The molecule has 1 unspecified atom stereocenters. The van der Waals surface area contributed by atoms with Gasteiger partial charge in [0.2, 0.25) is 21.8 Å². The molecule has 2 N–H and O–H groups in total. The largest absolute Gasteiger partial charge is 0.357 e. The van der Waals surface area contributed by atoms with Crippen molar-refractivity contribution >= 4 is 21.8 Å². The van der Waals surface area contributed by atoms with Crippen molar-refractivity contribution in [3.8, 4) is 0 Å². The molecule has 8 heteroatoms. The van der Waals surface area contributed by atoms with Gasteiger partial charge in [-0.25, -0.2) is 13.1 Å². The highest BCUT2D eigenvalue weighted by molar-refractivity contribution is 7.89. The molecule has 0 radical (unpaired) electrons. The van der Waals surface area contributed by atoms with Gasteiger partial charge in [-0.1, -0.05) is 72.8 Å². The molecule has 0 saturated heterocycles. The third kappa shape index (κ3) is 6.59. The van der Waals surface area contributed by atoms with Crippen LogP contribution in [-0.4, -0.2) is 38.2 Å². The summed E-state index contributed by atoms with van der Waals surface area (Å²) in [4.78, 5) is 28.4. The Bertz CT molecular complexity index is 1280. The molecule has 36 heavy (non-hydrogen) atoms. The number of benzene rings is 3. The third-order valence-electron chi connectivity index (χ3n) is 6.20. The van der Waals surface area contributed by atoms with Crippen LogP contribution in [-0.2, 0) is 32.6 Å². The SMILES string of the molecule is CNC(=O)C(c1ccccc1)N(Cc1ccccc1)C(=O)CCc1ccc(S(=O)(=O)NC2CC2)cc1. The van der Waals surface area contributed by atoms with Crippen LogP contribution in [0.2, 0.25) is 0 Å². The van der Waals surface area contributed by atoms with Crippen LogP contribution in [0.15, 0.2) is 89.8 Å². The Morgan fingerprint density at radius 1 is 0.889 bits per heavy atom. The number of nitrogens with zero attached hydrogens (tertiary/aromatic N) is 1. The lowest BCUT2D eigenvalue weighted by atomic mass is 10.0. The summed E-state index contributed by atoms with van der Waals surface area (Å²) in [6.45, 7) is 0.288. The first kappa shape index (κ1) is 25.6. The van der Waals surface area contributed by atoms with Crippen molar-refractivity contribution in [3.05, 3.63) is 102 Å². The molecule has 1 aliphatic rings. The van der Waals surface area contributed by atoms with Crippen LogP contribution in [0.5, 0.6) is 0 Å². The second-order valence-electron chi connectivity index (χ2n) is 8.97. The summed E-state index contributed by atoms with van der Waals surface area (Å²) in [5.74, 6) is -0.424. The van der Waals surface area contributed by atoms with Gasteiger partial charge < -0.3 is 10.2 Å². The summed E-state index contributed by atoms with van der Waals surface area (Å²) in [6, 6.07) is 24.7. The molecule has 1 fully saturated rings. The van der Waals surface area contributed by atoms with Crippen molar-refractivity contribution in [1.82, 2.24) is 14.9 Å². The second-order valence-corrected chi connectivity index (χ2v) is 10.7. The van der Waals surface area contributed by atoms with E-state index in [9.17, 15) is 18.0 Å². The summed E-state index contributed by atoms with van der Waals surface area (Å²) in [5.41, 5.74) is 2.51. The van der Waals surface area contributed by atoms with E-state index in [1.807, 2.05) is 60.7 Å². The van der Waals surface area contributed by atoms with Crippen LogP contribution in [0.3, 0.4) is 0 Å². The number of nitrogens with one attached hydrogen (secondary N) is 2. The van der Waals surface area contributed by atoms with Crippen molar-refractivity contribution in [3.63, 3.8) is 0 Å². The first-order chi connectivity index (χ1) is 17.4. The second kappa shape index (κ2) is 11.5. The summed E-state index contributed by atoms with van der Waals surface area (Å²) >= 11 is 0. The average Bonchev–Trinajstić information content (AvgIpc) is 3.71. The summed E-state index contributed by atoms with van der Waals surface area (Å²) in [7, 11) is -1.95. The molecule has 0 aliphatic heterocycles. The maximum atomic E-state index is 13.6. The minimum absolute atomic E-state index is 0.0424. The number of rotatable bonds is 11. The zero-order valence-corrected chi connectivity index (χ0v) is 21.1. The van der Waals surface area contributed by atoms with Gasteiger partial charge in [0.05, 0.1) is 4.90 Å². The van der Waals surface area contributed by atoms with Crippen molar-refractivity contribution in [1.29, 1.82) is 0 Å². The summed E-state index contributed by atoms with van der Waals surface area (Å²) in [6.07, 6.45) is 2.35. The molecule has 1 atom stereocenters. The Kier molecular flexibility index (Phi) is 8.18. The number of carbonyl (C=O) groups is 2. The summed E-state index contributed by atoms with van der Waals surface area (Å²) < 4.78 is 27.5. The van der Waals surface area contributed by atoms with Crippen molar-refractivity contribution in [2.75, 3.05) is 7.05 Å². The lowest BCUT2D eigenvalue weighted by Gasteiger charge is -2.31. The molecule has 0 spiro atoms. The van der Waals surface area contributed by atoms with Gasteiger partial charge in [-0.15, -0.1) is 0 Å².